The highest BCUT2D eigenvalue weighted by atomic mass is 19.1. The van der Waals surface area contributed by atoms with Gasteiger partial charge in [0.1, 0.15) is 17.3 Å². The van der Waals surface area contributed by atoms with E-state index in [-0.39, 0.29) is 5.69 Å². The average molecular weight is 360 g/mol. The average Bonchev–Trinajstić information content (AvgIpc) is 3.05. The monoisotopic (exact) mass is 360 g/mol. The van der Waals surface area contributed by atoms with Gasteiger partial charge in [-0.1, -0.05) is 5.16 Å². The summed E-state index contributed by atoms with van der Waals surface area (Å²) in [5.74, 6) is -0.390. The minimum Gasteiger partial charge on any atom is -0.361 e. The number of halogens is 2. The molecule has 0 amide bonds. The molecule has 26 heavy (non-hydrogen) atoms. The number of hydrogen-bond donors (Lipinski definition) is 1. The van der Waals surface area contributed by atoms with Crippen molar-refractivity contribution in [2.75, 3.05) is 6.54 Å². The van der Waals surface area contributed by atoms with Crippen molar-refractivity contribution >= 4 is 0 Å². The van der Waals surface area contributed by atoms with Crippen LogP contribution in [0.1, 0.15) is 34.0 Å². The lowest BCUT2D eigenvalue weighted by molar-refractivity contribution is 0.392. The van der Waals surface area contributed by atoms with Crippen LogP contribution in [0.5, 0.6) is 0 Å². The molecule has 1 aromatic carbocycles. The molecule has 0 fully saturated rings. The van der Waals surface area contributed by atoms with E-state index in [0.29, 0.717) is 6.54 Å². The van der Waals surface area contributed by atoms with Gasteiger partial charge in [0, 0.05) is 29.4 Å². The fraction of sp³-hybridized carbons (Fsp3) is 0.368. The predicted octanol–water partition coefficient (Wildman–Crippen LogP) is 3.70. The van der Waals surface area contributed by atoms with Gasteiger partial charge < -0.3 is 9.84 Å². The SMILES string of the molecule is Cc1noc(C)c1CCNCc1c(C)nn(-c2ccc(F)cc2F)c1C. The lowest BCUT2D eigenvalue weighted by atomic mass is 10.1. The van der Waals surface area contributed by atoms with E-state index >= 15 is 0 Å². The molecule has 0 saturated heterocycles. The van der Waals surface area contributed by atoms with Crippen LogP contribution in [-0.2, 0) is 13.0 Å². The van der Waals surface area contributed by atoms with E-state index in [1.54, 1.807) is 0 Å². The Morgan fingerprint density at radius 2 is 1.85 bits per heavy atom. The van der Waals surface area contributed by atoms with Gasteiger partial charge in [0.05, 0.1) is 11.4 Å². The van der Waals surface area contributed by atoms with Crippen molar-refractivity contribution in [3.8, 4) is 5.69 Å². The Balaban J connectivity index is 1.70. The Morgan fingerprint density at radius 3 is 2.50 bits per heavy atom. The van der Waals surface area contributed by atoms with Gasteiger partial charge in [-0.3, -0.25) is 0 Å². The van der Waals surface area contributed by atoms with Crippen molar-refractivity contribution in [3.63, 3.8) is 0 Å². The molecule has 3 aromatic rings. The van der Waals surface area contributed by atoms with Gasteiger partial charge in [0.15, 0.2) is 5.82 Å². The van der Waals surface area contributed by atoms with E-state index in [4.69, 9.17) is 4.52 Å². The Hall–Kier alpha value is -2.54. The molecule has 2 heterocycles. The van der Waals surface area contributed by atoms with E-state index in [0.717, 1.165) is 53.0 Å². The smallest absolute Gasteiger partial charge is 0.151 e. The highest BCUT2D eigenvalue weighted by molar-refractivity contribution is 5.38. The van der Waals surface area contributed by atoms with Crippen LogP contribution in [0.4, 0.5) is 8.78 Å². The highest BCUT2D eigenvalue weighted by Crippen LogP contribution is 2.21. The Morgan fingerprint density at radius 1 is 1.08 bits per heavy atom. The van der Waals surface area contributed by atoms with Gasteiger partial charge in [-0.15, -0.1) is 0 Å². The largest absolute Gasteiger partial charge is 0.361 e. The van der Waals surface area contributed by atoms with Gasteiger partial charge in [0.25, 0.3) is 0 Å². The summed E-state index contributed by atoms with van der Waals surface area (Å²) in [6.07, 6.45) is 0.819. The summed E-state index contributed by atoms with van der Waals surface area (Å²) in [6, 6.07) is 3.50. The van der Waals surface area contributed by atoms with E-state index < -0.39 is 11.6 Å². The molecule has 0 saturated carbocycles. The third-order valence-electron chi connectivity index (χ3n) is 4.61. The Bertz CT molecular complexity index is 911. The van der Waals surface area contributed by atoms with Crippen LogP contribution < -0.4 is 5.32 Å². The van der Waals surface area contributed by atoms with Gasteiger partial charge in [0.2, 0.25) is 0 Å². The van der Waals surface area contributed by atoms with Crippen LogP contribution in [0.2, 0.25) is 0 Å². The predicted molar refractivity (Wildman–Crippen MR) is 94.3 cm³/mol. The molecule has 0 atom stereocenters. The quantitative estimate of drug-likeness (QED) is 0.681. The number of aromatic nitrogens is 3. The van der Waals surface area contributed by atoms with Crippen molar-refractivity contribution in [3.05, 3.63) is 63.8 Å². The van der Waals surface area contributed by atoms with Gasteiger partial charge in [-0.25, -0.2) is 13.5 Å². The maximum Gasteiger partial charge on any atom is 0.151 e. The zero-order chi connectivity index (χ0) is 18.8. The first kappa shape index (κ1) is 18.3. The summed E-state index contributed by atoms with van der Waals surface area (Å²) in [4.78, 5) is 0. The van der Waals surface area contributed by atoms with E-state index in [2.05, 4.69) is 15.6 Å². The molecule has 0 radical (unpaired) electrons. The molecule has 0 aliphatic rings. The van der Waals surface area contributed by atoms with E-state index in [1.165, 1.54) is 16.8 Å². The molecule has 2 aromatic heterocycles. The topological polar surface area (TPSA) is 55.9 Å². The van der Waals surface area contributed by atoms with Crippen molar-refractivity contribution in [1.82, 2.24) is 20.3 Å². The lowest BCUT2D eigenvalue weighted by Crippen LogP contribution is -2.18. The molecular formula is C19H22F2N4O. The molecule has 0 spiro atoms. The minimum atomic E-state index is -0.631. The zero-order valence-electron chi connectivity index (χ0n) is 15.4. The van der Waals surface area contributed by atoms with Crippen molar-refractivity contribution in [1.29, 1.82) is 0 Å². The van der Waals surface area contributed by atoms with Crippen molar-refractivity contribution in [2.45, 2.75) is 40.7 Å². The minimum absolute atomic E-state index is 0.244. The second-order valence-corrected chi connectivity index (χ2v) is 6.39. The molecule has 5 nitrogen and oxygen atoms in total. The van der Waals surface area contributed by atoms with Gasteiger partial charge >= 0.3 is 0 Å². The number of aryl methyl sites for hydroxylation is 3. The maximum absolute atomic E-state index is 14.1. The maximum atomic E-state index is 14.1. The van der Waals surface area contributed by atoms with Gasteiger partial charge in [-0.05, 0) is 52.8 Å². The van der Waals surface area contributed by atoms with Crippen LogP contribution in [0.15, 0.2) is 22.7 Å². The van der Waals surface area contributed by atoms with Crippen LogP contribution >= 0.6 is 0 Å². The molecular weight excluding hydrogens is 338 g/mol. The first-order valence-corrected chi connectivity index (χ1v) is 8.51. The third kappa shape index (κ3) is 3.53. The number of nitrogens with zero attached hydrogens (tertiary/aromatic N) is 3. The molecule has 138 valence electrons. The summed E-state index contributed by atoms with van der Waals surface area (Å²) >= 11 is 0. The zero-order valence-corrected chi connectivity index (χ0v) is 15.4. The molecule has 0 aliphatic carbocycles. The first-order valence-electron chi connectivity index (χ1n) is 8.51. The Labute approximate surface area is 151 Å². The number of nitrogens with one attached hydrogen (secondary N) is 1. The normalized spacial score (nSPS) is 11.3. The summed E-state index contributed by atoms with van der Waals surface area (Å²) in [6.45, 7) is 8.98. The fourth-order valence-corrected chi connectivity index (χ4v) is 3.10. The molecule has 3 rings (SSSR count). The number of benzene rings is 1. The standard InChI is InChI=1S/C19H22F2N4O/c1-11-17(10-22-8-7-16-12(2)24-26-14(16)4)13(3)25(23-11)19-6-5-15(20)9-18(19)21/h5-6,9,22H,7-8,10H2,1-4H3. The van der Waals surface area contributed by atoms with Crippen molar-refractivity contribution in [2.24, 2.45) is 0 Å². The highest BCUT2D eigenvalue weighted by Gasteiger charge is 2.16. The van der Waals surface area contributed by atoms with Crippen LogP contribution in [0.25, 0.3) is 5.69 Å². The van der Waals surface area contributed by atoms with Crippen LogP contribution in [-0.4, -0.2) is 21.5 Å². The second kappa shape index (κ2) is 7.37. The summed E-state index contributed by atoms with van der Waals surface area (Å²) in [5, 5.41) is 11.8. The molecule has 0 unspecified atom stereocenters. The summed E-state index contributed by atoms with van der Waals surface area (Å²) < 4.78 is 33.9. The van der Waals surface area contributed by atoms with Crippen LogP contribution in [0, 0.1) is 39.3 Å². The molecule has 0 bridgehead atoms. The van der Waals surface area contributed by atoms with Crippen LogP contribution in [0.3, 0.4) is 0 Å². The molecule has 7 heteroatoms. The summed E-state index contributed by atoms with van der Waals surface area (Å²) in [7, 11) is 0. The third-order valence-corrected chi connectivity index (χ3v) is 4.61. The summed E-state index contributed by atoms with van der Waals surface area (Å²) in [5.41, 5.74) is 4.93. The first-order chi connectivity index (χ1) is 12.4. The lowest BCUT2D eigenvalue weighted by Gasteiger charge is -2.08. The molecule has 1 N–H and O–H groups in total. The number of hydrogen-bond acceptors (Lipinski definition) is 4. The van der Waals surface area contributed by atoms with E-state index in [9.17, 15) is 8.78 Å². The fourth-order valence-electron chi connectivity index (χ4n) is 3.10. The number of rotatable bonds is 6. The second-order valence-electron chi connectivity index (χ2n) is 6.39. The van der Waals surface area contributed by atoms with Crippen molar-refractivity contribution < 1.29 is 13.3 Å². The van der Waals surface area contributed by atoms with E-state index in [1.807, 2.05) is 27.7 Å². The van der Waals surface area contributed by atoms with Gasteiger partial charge in [-0.2, -0.15) is 5.10 Å². The molecule has 0 aliphatic heterocycles. The Kier molecular flexibility index (Phi) is 5.18.